The molecular weight excluding hydrogens is 354 g/mol. The Balaban J connectivity index is 2.54. The van der Waals surface area contributed by atoms with Crippen molar-refractivity contribution in [2.24, 2.45) is 5.73 Å². The molecule has 1 unspecified atom stereocenters. The molecule has 1 aromatic carbocycles. The fourth-order valence-corrected chi connectivity index (χ4v) is 3.09. The molecule has 0 aliphatic heterocycles. The first kappa shape index (κ1) is 18.5. The van der Waals surface area contributed by atoms with Crippen molar-refractivity contribution in [3.05, 3.63) is 28.2 Å². The van der Waals surface area contributed by atoms with Gasteiger partial charge in [0.2, 0.25) is 0 Å². The van der Waals surface area contributed by atoms with Gasteiger partial charge < -0.3 is 10.5 Å². The van der Waals surface area contributed by atoms with E-state index in [1.165, 1.54) is 0 Å². The van der Waals surface area contributed by atoms with Crippen molar-refractivity contribution in [2.45, 2.75) is 39.2 Å². The first-order valence-corrected chi connectivity index (χ1v) is 9.86. The zero-order valence-corrected chi connectivity index (χ0v) is 15.0. The van der Waals surface area contributed by atoms with E-state index in [1.807, 2.05) is 18.2 Å². The summed E-state index contributed by atoms with van der Waals surface area (Å²) >= 11 is 3.51. The summed E-state index contributed by atoms with van der Waals surface area (Å²) < 4.78 is 29.4. The average Bonchev–Trinajstić information content (AvgIpc) is 2.46. The summed E-state index contributed by atoms with van der Waals surface area (Å²) in [7, 11) is -2.91. The lowest BCUT2D eigenvalue weighted by Crippen LogP contribution is -2.21. The topological polar surface area (TPSA) is 69.4 Å². The lowest BCUT2D eigenvalue weighted by atomic mass is 10.0. The summed E-state index contributed by atoms with van der Waals surface area (Å²) in [6.07, 6.45) is 2.22. The lowest BCUT2D eigenvalue weighted by molar-refractivity contribution is 0.317. The SMILES string of the molecule is CCC(N)Cc1cc(OCCCS(=O)(=O)CC)ccc1Br. The van der Waals surface area contributed by atoms with Crippen LogP contribution < -0.4 is 10.5 Å². The Morgan fingerprint density at radius 1 is 1.33 bits per heavy atom. The summed E-state index contributed by atoms with van der Waals surface area (Å²) in [5, 5.41) is 0. The standard InChI is InChI=1S/C15H24BrNO3S/c1-3-13(17)10-12-11-14(6-7-15(12)16)20-8-5-9-21(18,19)4-2/h6-7,11,13H,3-5,8-10,17H2,1-2H3. The Labute approximate surface area is 136 Å². The molecule has 21 heavy (non-hydrogen) atoms. The average molecular weight is 378 g/mol. The van der Waals surface area contributed by atoms with Gasteiger partial charge in [0, 0.05) is 16.3 Å². The van der Waals surface area contributed by atoms with Crippen molar-refractivity contribution >= 4 is 25.8 Å². The van der Waals surface area contributed by atoms with Gasteiger partial charge in [-0.1, -0.05) is 29.8 Å². The zero-order chi connectivity index (χ0) is 15.9. The van der Waals surface area contributed by atoms with Crippen molar-refractivity contribution in [3.63, 3.8) is 0 Å². The second-order valence-corrected chi connectivity index (χ2v) is 8.39. The largest absolute Gasteiger partial charge is 0.494 e. The van der Waals surface area contributed by atoms with E-state index in [2.05, 4.69) is 22.9 Å². The van der Waals surface area contributed by atoms with Crippen LogP contribution in [0, 0.1) is 0 Å². The van der Waals surface area contributed by atoms with Crippen LogP contribution in [0.2, 0.25) is 0 Å². The van der Waals surface area contributed by atoms with Crippen LogP contribution in [0.15, 0.2) is 22.7 Å². The van der Waals surface area contributed by atoms with Gasteiger partial charge in [-0.05, 0) is 43.0 Å². The summed E-state index contributed by atoms with van der Waals surface area (Å²) in [5.41, 5.74) is 7.09. The number of nitrogens with two attached hydrogens (primary N) is 1. The number of rotatable bonds is 9. The molecule has 0 fully saturated rings. The van der Waals surface area contributed by atoms with Gasteiger partial charge in [-0.25, -0.2) is 8.42 Å². The minimum Gasteiger partial charge on any atom is -0.494 e. The maximum absolute atomic E-state index is 11.4. The Bertz CT molecular complexity index is 546. The molecule has 0 spiro atoms. The van der Waals surface area contributed by atoms with E-state index in [1.54, 1.807) is 6.92 Å². The van der Waals surface area contributed by atoms with Crippen LogP contribution in [-0.4, -0.2) is 32.6 Å². The van der Waals surface area contributed by atoms with Crippen LogP contribution in [0.3, 0.4) is 0 Å². The number of ether oxygens (including phenoxy) is 1. The molecule has 0 aromatic heterocycles. The number of benzene rings is 1. The van der Waals surface area contributed by atoms with Crippen LogP contribution >= 0.6 is 15.9 Å². The minimum absolute atomic E-state index is 0.131. The fourth-order valence-electron chi connectivity index (χ4n) is 1.84. The molecule has 0 radical (unpaired) electrons. The highest BCUT2D eigenvalue weighted by Gasteiger charge is 2.09. The summed E-state index contributed by atoms with van der Waals surface area (Å²) in [4.78, 5) is 0. The van der Waals surface area contributed by atoms with Crippen LogP contribution in [0.5, 0.6) is 5.75 Å². The third kappa shape index (κ3) is 6.80. The van der Waals surface area contributed by atoms with Crippen LogP contribution in [0.25, 0.3) is 0 Å². The van der Waals surface area contributed by atoms with E-state index < -0.39 is 9.84 Å². The maximum Gasteiger partial charge on any atom is 0.150 e. The maximum atomic E-state index is 11.4. The predicted molar refractivity (Wildman–Crippen MR) is 90.6 cm³/mol. The van der Waals surface area contributed by atoms with Gasteiger partial charge in [-0.3, -0.25) is 0 Å². The summed E-state index contributed by atoms with van der Waals surface area (Å²) in [6, 6.07) is 5.91. The molecule has 4 nitrogen and oxygen atoms in total. The second kappa shape index (κ2) is 8.76. The highest BCUT2D eigenvalue weighted by molar-refractivity contribution is 9.10. The number of hydrogen-bond donors (Lipinski definition) is 1. The number of hydrogen-bond acceptors (Lipinski definition) is 4. The van der Waals surface area contributed by atoms with Crippen LogP contribution in [-0.2, 0) is 16.3 Å². The summed E-state index contributed by atoms with van der Waals surface area (Å²) in [6.45, 7) is 4.13. The first-order chi connectivity index (χ1) is 9.88. The minimum atomic E-state index is -2.91. The fraction of sp³-hybridized carbons (Fsp3) is 0.600. The number of halogens is 1. The van der Waals surface area contributed by atoms with E-state index in [0.717, 1.165) is 28.6 Å². The quantitative estimate of drug-likeness (QED) is 0.671. The molecule has 6 heteroatoms. The smallest absolute Gasteiger partial charge is 0.150 e. The molecule has 0 bridgehead atoms. The Hall–Kier alpha value is -0.590. The normalized spacial score (nSPS) is 13.1. The molecule has 0 saturated heterocycles. The van der Waals surface area contributed by atoms with Gasteiger partial charge in [0.25, 0.3) is 0 Å². The van der Waals surface area contributed by atoms with Crippen molar-refractivity contribution in [3.8, 4) is 5.75 Å². The molecule has 120 valence electrons. The van der Waals surface area contributed by atoms with Gasteiger partial charge in [-0.15, -0.1) is 0 Å². The Morgan fingerprint density at radius 2 is 2.05 bits per heavy atom. The monoisotopic (exact) mass is 377 g/mol. The van der Waals surface area contributed by atoms with Gasteiger partial charge >= 0.3 is 0 Å². The molecule has 0 heterocycles. The van der Waals surface area contributed by atoms with Gasteiger partial charge in [0.05, 0.1) is 12.4 Å². The molecule has 0 aliphatic rings. The molecule has 0 aliphatic carbocycles. The van der Waals surface area contributed by atoms with Crippen LogP contribution in [0.4, 0.5) is 0 Å². The van der Waals surface area contributed by atoms with E-state index in [-0.39, 0.29) is 17.5 Å². The van der Waals surface area contributed by atoms with Crippen molar-refractivity contribution in [1.29, 1.82) is 0 Å². The highest BCUT2D eigenvalue weighted by Crippen LogP contribution is 2.24. The van der Waals surface area contributed by atoms with E-state index in [4.69, 9.17) is 10.5 Å². The van der Waals surface area contributed by atoms with E-state index in [0.29, 0.717) is 13.0 Å². The van der Waals surface area contributed by atoms with Crippen LogP contribution in [0.1, 0.15) is 32.3 Å². The predicted octanol–water partition coefficient (Wildman–Crippen LogP) is 2.93. The van der Waals surface area contributed by atoms with Crippen molar-refractivity contribution in [2.75, 3.05) is 18.1 Å². The van der Waals surface area contributed by atoms with E-state index >= 15 is 0 Å². The van der Waals surface area contributed by atoms with Crippen molar-refractivity contribution in [1.82, 2.24) is 0 Å². The van der Waals surface area contributed by atoms with E-state index in [9.17, 15) is 8.42 Å². The molecule has 0 saturated carbocycles. The first-order valence-electron chi connectivity index (χ1n) is 7.25. The highest BCUT2D eigenvalue weighted by atomic mass is 79.9. The van der Waals surface area contributed by atoms with Gasteiger partial charge in [-0.2, -0.15) is 0 Å². The molecule has 1 rings (SSSR count). The Morgan fingerprint density at radius 3 is 2.67 bits per heavy atom. The molecule has 1 aromatic rings. The van der Waals surface area contributed by atoms with Gasteiger partial charge in [0.15, 0.2) is 0 Å². The lowest BCUT2D eigenvalue weighted by Gasteiger charge is -2.13. The second-order valence-electron chi connectivity index (χ2n) is 5.06. The molecule has 2 N–H and O–H groups in total. The number of sulfone groups is 1. The zero-order valence-electron chi connectivity index (χ0n) is 12.6. The van der Waals surface area contributed by atoms with Crippen molar-refractivity contribution < 1.29 is 13.2 Å². The third-order valence-corrected chi connectivity index (χ3v) is 5.90. The summed E-state index contributed by atoms with van der Waals surface area (Å²) in [5.74, 6) is 1.11. The molecule has 1 atom stereocenters. The van der Waals surface area contributed by atoms with Gasteiger partial charge in [0.1, 0.15) is 15.6 Å². The molecule has 0 amide bonds. The molecular formula is C15H24BrNO3S. The Kier molecular flexibility index (Phi) is 7.70. The third-order valence-electron chi connectivity index (χ3n) is 3.33.